The van der Waals surface area contributed by atoms with Crippen molar-refractivity contribution in [3.8, 4) is 0 Å². The van der Waals surface area contributed by atoms with Gasteiger partial charge >= 0.3 is 0 Å². The zero-order chi connectivity index (χ0) is 12.7. The molecule has 0 fully saturated rings. The molecular formula is C14H23NO2. The lowest BCUT2D eigenvalue weighted by Crippen LogP contribution is -2.42. The van der Waals surface area contributed by atoms with E-state index >= 15 is 0 Å². The fourth-order valence-electron chi connectivity index (χ4n) is 1.76. The maximum Gasteiger partial charge on any atom is 0.0992 e. The average Bonchev–Trinajstić information content (AvgIpc) is 2.35. The Morgan fingerprint density at radius 1 is 1.35 bits per heavy atom. The Kier molecular flexibility index (Phi) is 5.62. The van der Waals surface area contributed by atoms with E-state index in [4.69, 9.17) is 4.74 Å². The molecule has 3 nitrogen and oxygen atoms in total. The summed E-state index contributed by atoms with van der Waals surface area (Å²) in [5.41, 5.74) is 0.0855. The topological polar surface area (TPSA) is 41.5 Å². The van der Waals surface area contributed by atoms with Gasteiger partial charge in [-0.3, -0.25) is 0 Å². The van der Waals surface area contributed by atoms with Gasteiger partial charge in [0.15, 0.2) is 0 Å². The van der Waals surface area contributed by atoms with Crippen molar-refractivity contribution in [1.82, 2.24) is 5.32 Å². The minimum atomic E-state index is -0.845. The van der Waals surface area contributed by atoms with Crippen molar-refractivity contribution in [2.24, 2.45) is 0 Å². The molecule has 0 aliphatic rings. The molecule has 0 aromatic heterocycles. The highest BCUT2D eigenvalue weighted by Gasteiger charge is 2.23. The molecule has 0 radical (unpaired) electrons. The largest absolute Gasteiger partial charge is 0.384 e. The van der Waals surface area contributed by atoms with Gasteiger partial charge in [0.05, 0.1) is 12.2 Å². The van der Waals surface area contributed by atoms with Gasteiger partial charge < -0.3 is 15.2 Å². The number of methoxy groups -OCH3 is 1. The lowest BCUT2D eigenvalue weighted by atomic mass is 9.96. The molecule has 3 heteroatoms. The SMILES string of the molecule is CCC(COC)NCC(C)(O)c1ccccc1. The van der Waals surface area contributed by atoms with Gasteiger partial charge in [0.1, 0.15) is 0 Å². The molecule has 0 aliphatic heterocycles. The monoisotopic (exact) mass is 237 g/mol. The van der Waals surface area contributed by atoms with Crippen LogP contribution in [-0.2, 0) is 10.3 Å². The maximum atomic E-state index is 10.4. The third-order valence-corrected chi connectivity index (χ3v) is 2.99. The average molecular weight is 237 g/mol. The Morgan fingerprint density at radius 3 is 2.53 bits per heavy atom. The third kappa shape index (κ3) is 4.46. The van der Waals surface area contributed by atoms with Crippen LogP contribution in [0.5, 0.6) is 0 Å². The molecule has 2 N–H and O–H groups in total. The highest BCUT2D eigenvalue weighted by atomic mass is 16.5. The zero-order valence-corrected chi connectivity index (χ0v) is 10.9. The van der Waals surface area contributed by atoms with Crippen LogP contribution in [0, 0.1) is 0 Å². The molecule has 0 aliphatic carbocycles. The van der Waals surface area contributed by atoms with Gasteiger partial charge in [0.25, 0.3) is 0 Å². The third-order valence-electron chi connectivity index (χ3n) is 2.99. The number of ether oxygens (including phenoxy) is 1. The predicted molar refractivity (Wildman–Crippen MR) is 70.0 cm³/mol. The van der Waals surface area contributed by atoms with Crippen molar-refractivity contribution in [3.05, 3.63) is 35.9 Å². The van der Waals surface area contributed by atoms with Crippen LogP contribution in [0.2, 0.25) is 0 Å². The van der Waals surface area contributed by atoms with E-state index in [1.807, 2.05) is 37.3 Å². The van der Waals surface area contributed by atoms with Gasteiger partial charge in [0.2, 0.25) is 0 Å². The summed E-state index contributed by atoms with van der Waals surface area (Å²) in [6.45, 7) is 5.13. The Hall–Kier alpha value is -0.900. The first-order valence-corrected chi connectivity index (χ1v) is 6.10. The van der Waals surface area contributed by atoms with Gasteiger partial charge in [-0.2, -0.15) is 0 Å². The van der Waals surface area contributed by atoms with E-state index in [0.29, 0.717) is 13.2 Å². The molecule has 96 valence electrons. The van der Waals surface area contributed by atoms with Crippen molar-refractivity contribution < 1.29 is 9.84 Å². The molecule has 0 heterocycles. The quantitative estimate of drug-likeness (QED) is 0.761. The van der Waals surface area contributed by atoms with Crippen molar-refractivity contribution in [3.63, 3.8) is 0 Å². The fraction of sp³-hybridized carbons (Fsp3) is 0.571. The number of rotatable bonds is 7. The fourth-order valence-corrected chi connectivity index (χ4v) is 1.76. The van der Waals surface area contributed by atoms with Crippen LogP contribution in [0.1, 0.15) is 25.8 Å². The van der Waals surface area contributed by atoms with E-state index in [2.05, 4.69) is 12.2 Å². The lowest BCUT2D eigenvalue weighted by Gasteiger charge is -2.27. The molecular weight excluding hydrogens is 214 g/mol. The van der Waals surface area contributed by atoms with E-state index in [1.165, 1.54) is 0 Å². The Labute approximate surface area is 104 Å². The van der Waals surface area contributed by atoms with Crippen molar-refractivity contribution in [1.29, 1.82) is 0 Å². The van der Waals surface area contributed by atoms with Crippen LogP contribution in [0.25, 0.3) is 0 Å². The molecule has 0 amide bonds. The van der Waals surface area contributed by atoms with E-state index in [1.54, 1.807) is 7.11 Å². The second kappa shape index (κ2) is 6.74. The number of hydrogen-bond acceptors (Lipinski definition) is 3. The number of aliphatic hydroxyl groups is 1. The van der Waals surface area contributed by atoms with E-state index in [9.17, 15) is 5.11 Å². The minimum Gasteiger partial charge on any atom is -0.384 e. The summed E-state index contributed by atoms with van der Waals surface area (Å²) in [5, 5.41) is 13.7. The molecule has 0 saturated heterocycles. The zero-order valence-electron chi connectivity index (χ0n) is 10.9. The van der Waals surface area contributed by atoms with Crippen LogP contribution in [0.4, 0.5) is 0 Å². The number of nitrogens with one attached hydrogen (secondary N) is 1. The summed E-state index contributed by atoms with van der Waals surface area (Å²) in [7, 11) is 1.69. The normalized spacial score (nSPS) is 16.5. The van der Waals surface area contributed by atoms with Crippen LogP contribution in [0.3, 0.4) is 0 Å². The van der Waals surface area contributed by atoms with Crippen molar-refractivity contribution >= 4 is 0 Å². The van der Waals surface area contributed by atoms with Crippen molar-refractivity contribution in [2.75, 3.05) is 20.3 Å². The summed E-state index contributed by atoms with van der Waals surface area (Å²) < 4.78 is 5.12. The van der Waals surface area contributed by atoms with Gasteiger partial charge in [0, 0.05) is 19.7 Å². The molecule has 2 unspecified atom stereocenters. The Balaban J connectivity index is 2.55. The Bertz CT molecular complexity index is 311. The molecule has 0 bridgehead atoms. The van der Waals surface area contributed by atoms with Crippen LogP contribution in [-0.4, -0.2) is 31.4 Å². The molecule has 1 aromatic carbocycles. The second-order valence-electron chi connectivity index (χ2n) is 4.58. The molecule has 2 atom stereocenters. The molecule has 1 rings (SSSR count). The first-order chi connectivity index (χ1) is 8.10. The minimum absolute atomic E-state index is 0.287. The summed E-state index contributed by atoms with van der Waals surface area (Å²) in [6, 6.07) is 10.0. The van der Waals surface area contributed by atoms with Crippen LogP contribution < -0.4 is 5.32 Å². The van der Waals surface area contributed by atoms with Gasteiger partial charge in [-0.15, -0.1) is 0 Å². The number of benzene rings is 1. The molecule has 17 heavy (non-hydrogen) atoms. The van der Waals surface area contributed by atoms with Crippen molar-refractivity contribution in [2.45, 2.75) is 31.9 Å². The smallest absolute Gasteiger partial charge is 0.0992 e. The summed E-state index contributed by atoms with van der Waals surface area (Å²) in [4.78, 5) is 0. The summed E-state index contributed by atoms with van der Waals surface area (Å²) in [6.07, 6.45) is 0.985. The van der Waals surface area contributed by atoms with Crippen LogP contribution in [0.15, 0.2) is 30.3 Å². The van der Waals surface area contributed by atoms with E-state index < -0.39 is 5.60 Å². The Morgan fingerprint density at radius 2 is 2.00 bits per heavy atom. The summed E-state index contributed by atoms with van der Waals surface area (Å²) >= 11 is 0. The standard InChI is InChI=1S/C14H23NO2/c1-4-13(10-17-3)15-11-14(2,16)12-8-6-5-7-9-12/h5-9,13,15-16H,4,10-11H2,1-3H3. The highest BCUT2D eigenvalue weighted by molar-refractivity contribution is 5.21. The van der Waals surface area contributed by atoms with Gasteiger partial charge in [-0.1, -0.05) is 37.3 Å². The summed E-state index contributed by atoms with van der Waals surface area (Å²) in [5.74, 6) is 0. The maximum absolute atomic E-state index is 10.4. The van der Waals surface area contributed by atoms with Gasteiger partial charge in [-0.05, 0) is 18.9 Å². The first kappa shape index (κ1) is 14.2. The van der Waals surface area contributed by atoms with Gasteiger partial charge in [-0.25, -0.2) is 0 Å². The molecule has 1 aromatic rings. The molecule has 0 saturated carbocycles. The molecule has 0 spiro atoms. The van der Waals surface area contributed by atoms with Crippen LogP contribution >= 0.6 is 0 Å². The highest BCUT2D eigenvalue weighted by Crippen LogP contribution is 2.19. The van der Waals surface area contributed by atoms with E-state index in [-0.39, 0.29) is 6.04 Å². The second-order valence-corrected chi connectivity index (χ2v) is 4.58. The lowest BCUT2D eigenvalue weighted by molar-refractivity contribution is 0.0486. The first-order valence-electron chi connectivity index (χ1n) is 6.10. The predicted octanol–water partition coefficient (Wildman–Crippen LogP) is 1.91. The number of hydrogen-bond donors (Lipinski definition) is 2. The van der Waals surface area contributed by atoms with E-state index in [0.717, 1.165) is 12.0 Å².